The number of hydrazine groups is 1. The Bertz CT molecular complexity index is 313. The van der Waals surface area contributed by atoms with E-state index in [0.29, 0.717) is 12.3 Å². The number of carbonyl (C=O) groups excluding carboxylic acids is 1. The maximum Gasteiger partial charge on any atom is 0.335 e. The van der Waals surface area contributed by atoms with Crippen LogP contribution in [0, 0.1) is 0 Å². The first-order chi connectivity index (χ1) is 6.65. The maximum atomic E-state index is 10.7. The van der Waals surface area contributed by atoms with Gasteiger partial charge in [-0.25, -0.2) is 10.9 Å². The SMILES string of the molecule is CCOc1ccc(N(N)C(=O)Cl)cc1. The average molecular weight is 215 g/mol. The van der Waals surface area contributed by atoms with Gasteiger partial charge in [-0.2, -0.15) is 0 Å². The number of nitrogens with two attached hydrogens (primary N) is 1. The topological polar surface area (TPSA) is 55.6 Å². The zero-order valence-corrected chi connectivity index (χ0v) is 8.49. The van der Waals surface area contributed by atoms with E-state index in [2.05, 4.69) is 0 Å². The summed E-state index contributed by atoms with van der Waals surface area (Å²) >= 11 is 5.19. The normalized spacial score (nSPS) is 9.64. The van der Waals surface area contributed by atoms with Gasteiger partial charge >= 0.3 is 5.37 Å². The van der Waals surface area contributed by atoms with Gasteiger partial charge in [0.05, 0.1) is 12.3 Å². The Balaban J connectivity index is 2.77. The highest BCUT2D eigenvalue weighted by molar-refractivity contribution is 6.65. The molecule has 0 saturated heterocycles. The molecular weight excluding hydrogens is 204 g/mol. The summed E-state index contributed by atoms with van der Waals surface area (Å²) < 4.78 is 5.22. The Kier molecular flexibility index (Phi) is 3.73. The van der Waals surface area contributed by atoms with Gasteiger partial charge in [-0.05, 0) is 42.8 Å². The minimum atomic E-state index is -0.728. The lowest BCUT2D eigenvalue weighted by Crippen LogP contribution is -2.32. The number of anilines is 1. The van der Waals surface area contributed by atoms with E-state index in [1.807, 2.05) is 6.92 Å². The van der Waals surface area contributed by atoms with Gasteiger partial charge in [-0.3, -0.25) is 4.79 Å². The molecule has 0 aliphatic carbocycles. The number of ether oxygens (including phenoxy) is 1. The van der Waals surface area contributed by atoms with E-state index in [4.69, 9.17) is 22.2 Å². The summed E-state index contributed by atoms with van der Waals surface area (Å²) in [4.78, 5) is 10.7. The van der Waals surface area contributed by atoms with Crippen LogP contribution in [0.1, 0.15) is 6.92 Å². The van der Waals surface area contributed by atoms with Crippen LogP contribution in [0.25, 0.3) is 0 Å². The number of halogens is 1. The van der Waals surface area contributed by atoms with Gasteiger partial charge < -0.3 is 4.74 Å². The summed E-state index contributed by atoms with van der Waals surface area (Å²) in [7, 11) is 0. The molecule has 0 bridgehead atoms. The zero-order valence-electron chi connectivity index (χ0n) is 7.74. The second kappa shape index (κ2) is 4.83. The van der Waals surface area contributed by atoms with Crippen molar-refractivity contribution in [2.75, 3.05) is 11.6 Å². The lowest BCUT2D eigenvalue weighted by Gasteiger charge is -2.12. The van der Waals surface area contributed by atoms with Crippen LogP contribution in [-0.4, -0.2) is 12.0 Å². The molecule has 4 nitrogen and oxygen atoms in total. The van der Waals surface area contributed by atoms with Crippen molar-refractivity contribution in [2.45, 2.75) is 6.92 Å². The average Bonchev–Trinajstić information content (AvgIpc) is 2.18. The zero-order chi connectivity index (χ0) is 10.6. The van der Waals surface area contributed by atoms with Gasteiger partial charge in [0.2, 0.25) is 0 Å². The summed E-state index contributed by atoms with van der Waals surface area (Å²) in [5.41, 5.74) is 0.522. The predicted octanol–water partition coefficient (Wildman–Crippen LogP) is 2.12. The maximum absolute atomic E-state index is 10.7. The fourth-order valence-corrected chi connectivity index (χ4v) is 1.07. The van der Waals surface area contributed by atoms with Crippen molar-refractivity contribution in [3.05, 3.63) is 24.3 Å². The number of benzene rings is 1. The first-order valence-corrected chi connectivity index (χ1v) is 4.50. The number of nitrogens with zero attached hydrogens (tertiary/aromatic N) is 1. The number of hydrogen-bond donors (Lipinski definition) is 1. The summed E-state index contributed by atoms with van der Waals surface area (Å²) in [5.74, 6) is 6.10. The van der Waals surface area contributed by atoms with Crippen LogP contribution < -0.4 is 15.6 Å². The minimum Gasteiger partial charge on any atom is -0.494 e. The lowest BCUT2D eigenvalue weighted by molar-refractivity contribution is 0.264. The molecule has 0 aromatic heterocycles. The number of hydrogen-bond acceptors (Lipinski definition) is 3. The third-order valence-electron chi connectivity index (χ3n) is 1.62. The molecule has 1 aromatic carbocycles. The van der Waals surface area contributed by atoms with E-state index >= 15 is 0 Å². The van der Waals surface area contributed by atoms with E-state index < -0.39 is 5.37 Å². The highest BCUT2D eigenvalue weighted by Gasteiger charge is 2.07. The van der Waals surface area contributed by atoms with E-state index in [0.717, 1.165) is 10.8 Å². The molecule has 0 heterocycles. The molecule has 5 heteroatoms. The Labute approximate surface area is 87.2 Å². The number of carbonyl (C=O) groups is 1. The lowest BCUT2D eigenvalue weighted by atomic mass is 10.3. The van der Waals surface area contributed by atoms with Gasteiger partial charge in [0.25, 0.3) is 0 Å². The Morgan fingerprint density at radius 1 is 1.50 bits per heavy atom. The molecule has 1 amide bonds. The quantitative estimate of drug-likeness (QED) is 0.276. The summed E-state index contributed by atoms with van der Waals surface area (Å²) in [5, 5.41) is 0.131. The van der Waals surface area contributed by atoms with Gasteiger partial charge in [0.1, 0.15) is 5.75 Å². The van der Waals surface area contributed by atoms with Crippen LogP contribution in [0.3, 0.4) is 0 Å². The van der Waals surface area contributed by atoms with Gasteiger partial charge in [-0.15, -0.1) is 0 Å². The summed E-state index contributed by atoms with van der Waals surface area (Å²) in [6.07, 6.45) is 0. The van der Waals surface area contributed by atoms with Crippen molar-refractivity contribution in [3.63, 3.8) is 0 Å². The molecule has 0 fully saturated rings. The van der Waals surface area contributed by atoms with Crippen molar-refractivity contribution in [2.24, 2.45) is 5.84 Å². The minimum absolute atomic E-state index is 0.522. The third kappa shape index (κ3) is 2.61. The first-order valence-electron chi connectivity index (χ1n) is 4.12. The highest BCUT2D eigenvalue weighted by Crippen LogP contribution is 2.18. The molecule has 0 saturated carbocycles. The summed E-state index contributed by atoms with van der Waals surface area (Å²) in [6, 6.07) is 6.76. The van der Waals surface area contributed by atoms with Gasteiger partial charge in [-0.1, -0.05) is 0 Å². The smallest absolute Gasteiger partial charge is 0.335 e. The second-order valence-corrected chi connectivity index (χ2v) is 2.87. The molecular formula is C9H11ClN2O2. The van der Waals surface area contributed by atoms with Crippen molar-refractivity contribution in [3.8, 4) is 5.75 Å². The molecule has 0 aliphatic heterocycles. The van der Waals surface area contributed by atoms with Crippen molar-refractivity contribution in [1.82, 2.24) is 0 Å². The Morgan fingerprint density at radius 2 is 2.07 bits per heavy atom. The van der Waals surface area contributed by atoms with Crippen molar-refractivity contribution in [1.29, 1.82) is 0 Å². The van der Waals surface area contributed by atoms with Crippen LogP contribution in [0.4, 0.5) is 10.5 Å². The van der Waals surface area contributed by atoms with Crippen molar-refractivity contribution >= 4 is 22.7 Å². The van der Waals surface area contributed by atoms with E-state index in [9.17, 15) is 4.79 Å². The first kappa shape index (κ1) is 10.8. The molecule has 1 aromatic rings. The fourth-order valence-electron chi connectivity index (χ4n) is 0.971. The fraction of sp³-hybridized carbons (Fsp3) is 0.222. The number of amides is 1. The second-order valence-electron chi connectivity index (χ2n) is 2.55. The van der Waals surface area contributed by atoms with Crippen LogP contribution in [0.15, 0.2) is 24.3 Å². The molecule has 1 rings (SSSR count). The molecule has 2 N–H and O–H groups in total. The molecule has 76 valence electrons. The van der Waals surface area contributed by atoms with E-state index in [1.54, 1.807) is 24.3 Å². The van der Waals surface area contributed by atoms with Crippen LogP contribution in [0.2, 0.25) is 0 Å². The Hall–Kier alpha value is -1.26. The monoisotopic (exact) mass is 214 g/mol. The van der Waals surface area contributed by atoms with Gasteiger partial charge in [0.15, 0.2) is 0 Å². The largest absolute Gasteiger partial charge is 0.494 e. The standard InChI is InChI=1S/C9H11ClN2O2/c1-2-14-8-5-3-7(4-6-8)12(11)9(10)13/h3-6H,2,11H2,1H3. The molecule has 0 radical (unpaired) electrons. The van der Waals surface area contributed by atoms with Crippen molar-refractivity contribution < 1.29 is 9.53 Å². The Morgan fingerprint density at radius 3 is 2.50 bits per heavy atom. The highest BCUT2D eigenvalue weighted by atomic mass is 35.5. The van der Waals surface area contributed by atoms with E-state index in [-0.39, 0.29) is 0 Å². The van der Waals surface area contributed by atoms with Crippen LogP contribution in [-0.2, 0) is 0 Å². The van der Waals surface area contributed by atoms with Crippen LogP contribution >= 0.6 is 11.6 Å². The van der Waals surface area contributed by atoms with E-state index in [1.165, 1.54) is 0 Å². The molecule has 14 heavy (non-hydrogen) atoms. The summed E-state index contributed by atoms with van der Waals surface area (Å²) in [6.45, 7) is 2.49. The third-order valence-corrected chi connectivity index (χ3v) is 1.80. The predicted molar refractivity (Wildman–Crippen MR) is 55.5 cm³/mol. The number of rotatable bonds is 3. The molecule has 0 aliphatic rings. The van der Waals surface area contributed by atoms with Crippen LogP contribution in [0.5, 0.6) is 5.75 Å². The molecule has 0 unspecified atom stereocenters. The van der Waals surface area contributed by atoms with Gasteiger partial charge in [0, 0.05) is 0 Å². The molecule has 0 spiro atoms. The molecule has 0 atom stereocenters.